The zero-order valence-corrected chi connectivity index (χ0v) is 16.6. The third kappa shape index (κ3) is 3.76. The van der Waals surface area contributed by atoms with Crippen LogP contribution in [0, 0.1) is 26.7 Å². The Bertz CT molecular complexity index is 1090. The molecule has 3 aromatic rings. The van der Waals surface area contributed by atoms with Gasteiger partial charge in [0.25, 0.3) is 0 Å². The van der Waals surface area contributed by atoms with Crippen LogP contribution in [0.2, 0.25) is 0 Å². The number of aryl methyl sites for hydroxylation is 2. The van der Waals surface area contributed by atoms with E-state index in [4.69, 9.17) is 4.52 Å². The molecule has 0 aliphatic carbocycles. The maximum absolute atomic E-state index is 12.8. The normalized spacial score (nSPS) is 16.3. The van der Waals surface area contributed by atoms with Crippen LogP contribution >= 0.6 is 0 Å². The molecule has 1 atom stereocenters. The van der Waals surface area contributed by atoms with Crippen LogP contribution in [0.15, 0.2) is 47.0 Å². The van der Waals surface area contributed by atoms with Crippen LogP contribution in [0.5, 0.6) is 0 Å². The Hall–Kier alpha value is -3.48. The molecular weight excluding hydrogens is 368 g/mol. The van der Waals surface area contributed by atoms with Gasteiger partial charge in [0, 0.05) is 36.8 Å². The minimum Gasteiger partial charge on any atom is -0.339 e. The minimum absolute atomic E-state index is 0.0763. The molecule has 7 nitrogen and oxygen atoms in total. The van der Waals surface area contributed by atoms with Gasteiger partial charge in [0.15, 0.2) is 0 Å². The molecule has 1 N–H and O–H groups in total. The van der Waals surface area contributed by atoms with Gasteiger partial charge < -0.3 is 14.7 Å². The van der Waals surface area contributed by atoms with Crippen LogP contribution in [-0.4, -0.2) is 28.5 Å². The molecule has 1 aliphatic rings. The first kappa shape index (κ1) is 18.9. The quantitative estimate of drug-likeness (QED) is 0.735. The SMILES string of the molecule is Cc1nc(-c2cccc(N3C[C@H](C(=O)Nc4cccc(C)c4C)CC3=O)c2)no1. The van der Waals surface area contributed by atoms with Gasteiger partial charge in [0.2, 0.25) is 23.5 Å². The Morgan fingerprint density at radius 3 is 2.72 bits per heavy atom. The molecule has 29 heavy (non-hydrogen) atoms. The lowest BCUT2D eigenvalue weighted by atomic mass is 10.1. The monoisotopic (exact) mass is 390 g/mol. The van der Waals surface area contributed by atoms with Gasteiger partial charge in [0.1, 0.15) is 0 Å². The predicted molar refractivity (Wildman–Crippen MR) is 109 cm³/mol. The van der Waals surface area contributed by atoms with Gasteiger partial charge in [0.05, 0.1) is 5.92 Å². The van der Waals surface area contributed by atoms with Crippen molar-refractivity contribution in [2.24, 2.45) is 5.92 Å². The van der Waals surface area contributed by atoms with Crippen molar-refractivity contribution in [3.8, 4) is 11.4 Å². The summed E-state index contributed by atoms with van der Waals surface area (Å²) in [6, 6.07) is 13.2. The fourth-order valence-electron chi connectivity index (χ4n) is 3.48. The number of hydrogen-bond acceptors (Lipinski definition) is 5. The van der Waals surface area contributed by atoms with Crippen LogP contribution in [0.1, 0.15) is 23.4 Å². The Kier molecular flexibility index (Phi) is 4.88. The molecular formula is C22H22N4O3. The lowest BCUT2D eigenvalue weighted by Gasteiger charge is -2.18. The lowest BCUT2D eigenvalue weighted by Crippen LogP contribution is -2.28. The van der Waals surface area contributed by atoms with E-state index >= 15 is 0 Å². The second kappa shape index (κ2) is 7.50. The van der Waals surface area contributed by atoms with E-state index in [2.05, 4.69) is 15.5 Å². The number of carbonyl (C=O) groups is 2. The molecule has 2 heterocycles. The number of hydrogen-bond donors (Lipinski definition) is 1. The molecule has 0 saturated carbocycles. The standard InChI is InChI=1S/C22H22N4O3/c1-13-6-4-9-19(14(13)2)24-22(28)17-11-20(27)26(12-17)18-8-5-7-16(10-18)21-23-15(3)29-25-21/h4-10,17H,11-12H2,1-3H3,(H,24,28)/t17-/m1/s1. The highest BCUT2D eigenvalue weighted by molar-refractivity contribution is 6.04. The average molecular weight is 390 g/mol. The maximum atomic E-state index is 12.8. The molecule has 2 aromatic carbocycles. The van der Waals surface area contributed by atoms with Crippen LogP contribution < -0.4 is 10.2 Å². The molecule has 1 aromatic heterocycles. The predicted octanol–water partition coefficient (Wildman–Crippen LogP) is 3.65. The molecule has 148 valence electrons. The molecule has 2 amide bonds. The largest absolute Gasteiger partial charge is 0.339 e. The first-order chi connectivity index (χ1) is 13.9. The summed E-state index contributed by atoms with van der Waals surface area (Å²) < 4.78 is 5.03. The van der Waals surface area contributed by atoms with Crippen LogP contribution in [-0.2, 0) is 9.59 Å². The molecule has 7 heteroatoms. The summed E-state index contributed by atoms with van der Waals surface area (Å²) in [6.45, 7) is 6.04. The minimum atomic E-state index is -0.404. The number of benzene rings is 2. The van der Waals surface area contributed by atoms with E-state index in [1.54, 1.807) is 11.8 Å². The molecule has 0 spiro atoms. The summed E-state index contributed by atoms with van der Waals surface area (Å²) in [7, 11) is 0. The highest BCUT2D eigenvalue weighted by atomic mass is 16.5. The number of aromatic nitrogens is 2. The van der Waals surface area contributed by atoms with Crippen molar-refractivity contribution >= 4 is 23.2 Å². The molecule has 0 bridgehead atoms. The van der Waals surface area contributed by atoms with Gasteiger partial charge in [-0.1, -0.05) is 29.4 Å². The number of rotatable bonds is 4. The number of carbonyl (C=O) groups excluding carboxylic acids is 2. The van der Waals surface area contributed by atoms with Crippen molar-refractivity contribution < 1.29 is 14.1 Å². The average Bonchev–Trinajstić information content (AvgIpc) is 3.31. The molecule has 1 saturated heterocycles. The number of nitrogens with zero attached hydrogens (tertiary/aromatic N) is 3. The van der Waals surface area contributed by atoms with E-state index in [9.17, 15) is 9.59 Å². The fourth-order valence-corrected chi connectivity index (χ4v) is 3.48. The van der Waals surface area contributed by atoms with E-state index in [1.807, 2.05) is 56.3 Å². The molecule has 0 radical (unpaired) electrons. The zero-order chi connectivity index (χ0) is 20.5. The first-order valence-corrected chi connectivity index (χ1v) is 9.50. The van der Waals surface area contributed by atoms with E-state index < -0.39 is 5.92 Å². The number of amides is 2. The second-order valence-electron chi connectivity index (χ2n) is 7.33. The third-order valence-electron chi connectivity index (χ3n) is 5.30. The highest BCUT2D eigenvalue weighted by Gasteiger charge is 2.35. The van der Waals surface area contributed by atoms with Crippen molar-refractivity contribution in [3.63, 3.8) is 0 Å². The Morgan fingerprint density at radius 1 is 1.17 bits per heavy atom. The van der Waals surface area contributed by atoms with Gasteiger partial charge in [-0.05, 0) is 43.2 Å². The summed E-state index contributed by atoms with van der Waals surface area (Å²) >= 11 is 0. The lowest BCUT2D eigenvalue weighted by molar-refractivity contribution is -0.122. The first-order valence-electron chi connectivity index (χ1n) is 9.50. The van der Waals surface area contributed by atoms with Gasteiger partial charge in [-0.15, -0.1) is 0 Å². The van der Waals surface area contributed by atoms with Crippen molar-refractivity contribution in [2.45, 2.75) is 27.2 Å². The fraction of sp³-hybridized carbons (Fsp3) is 0.273. The Morgan fingerprint density at radius 2 is 1.97 bits per heavy atom. The second-order valence-corrected chi connectivity index (χ2v) is 7.33. The van der Waals surface area contributed by atoms with E-state index in [0.29, 0.717) is 18.3 Å². The molecule has 0 unspecified atom stereocenters. The zero-order valence-electron chi connectivity index (χ0n) is 16.6. The number of anilines is 2. The summed E-state index contributed by atoms with van der Waals surface area (Å²) in [6.07, 6.45) is 0.183. The van der Waals surface area contributed by atoms with E-state index in [1.165, 1.54) is 0 Å². The molecule has 4 rings (SSSR count). The van der Waals surface area contributed by atoms with Gasteiger partial charge in [-0.3, -0.25) is 9.59 Å². The van der Waals surface area contributed by atoms with E-state index in [0.717, 1.165) is 28.1 Å². The summed E-state index contributed by atoms with van der Waals surface area (Å²) in [5.74, 6) is 0.330. The van der Waals surface area contributed by atoms with E-state index in [-0.39, 0.29) is 18.2 Å². The van der Waals surface area contributed by atoms with Gasteiger partial charge in [-0.2, -0.15) is 4.98 Å². The van der Waals surface area contributed by atoms with Gasteiger partial charge >= 0.3 is 0 Å². The van der Waals surface area contributed by atoms with Crippen LogP contribution in [0.25, 0.3) is 11.4 Å². The third-order valence-corrected chi connectivity index (χ3v) is 5.30. The maximum Gasteiger partial charge on any atom is 0.229 e. The smallest absolute Gasteiger partial charge is 0.229 e. The van der Waals surface area contributed by atoms with Crippen molar-refractivity contribution in [3.05, 3.63) is 59.5 Å². The Balaban J connectivity index is 1.51. The number of nitrogens with one attached hydrogen (secondary N) is 1. The van der Waals surface area contributed by atoms with Crippen molar-refractivity contribution in [1.29, 1.82) is 0 Å². The van der Waals surface area contributed by atoms with Crippen molar-refractivity contribution in [2.75, 3.05) is 16.8 Å². The summed E-state index contributed by atoms with van der Waals surface area (Å²) in [5, 5.41) is 6.90. The highest BCUT2D eigenvalue weighted by Crippen LogP contribution is 2.29. The topological polar surface area (TPSA) is 88.3 Å². The van der Waals surface area contributed by atoms with Crippen molar-refractivity contribution in [1.82, 2.24) is 10.1 Å². The summed E-state index contributed by atoms with van der Waals surface area (Å²) in [4.78, 5) is 31.3. The Labute approximate surface area is 168 Å². The molecule has 1 fully saturated rings. The summed E-state index contributed by atoms with van der Waals surface area (Å²) in [5.41, 5.74) is 4.41. The molecule has 1 aliphatic heterocycles. The van der Waals surface area contributed by atoms with Crippen LogP contribution in [0.3, 0.4) is 0 Å². The van der Waals surface area contributed by atoms with Crippen LogP contribution in [0.4, 0.5) is 11.4 Å². The van der Waals surface area contributed by atoms with Gasteiger partial charge in [-0.25, -0.2) is 0 Å².